The maximum absolute atomic E-state index is 5.52. The summed E-state index contributed by atoms with van der Waals surface area (Å²) in [5, 5.41) is 7.54. The van der Waals surface area contributed by atoms with Gasteiger partial charge in [-0.25, -0.2) is 0 Å². The largest absolute Gasteiger partial charge is 0.497 e. The zero-order chi connectivity index (χ0) is 13.7. The van der Waals surface area contributed by atoms with E-state index in [-0.39, 0.29) is 0 Å². The van der Waals surface area contributed by atoms with Crippen LogP contribution in [0.3, 0.4) is 0 Å². The van der Waals surface area contributed by atoms with Crippen LogP contribution in [0.4, 0.5) is 5.82 Å². The van der Waals surface area contributed by atoms with Gasteiger partial charge in [0.2, 0.25) is 5.88 Å². The maximum Gasteiger partial charge on any atom is 0.233 e. The van der Waals surface area contributed by atoms with Gasteiger partial charge < -0.3 is 19.9 Å². The quantitative estimate of drug-likeness (QED) is 0.881. The average molecular weight is 261 g/mol. The molecule has 0 amide bonds. The van der Waals surface area contributed by atoms with Crippen LogP contribution in [0.1, 0.15) is 5.56 Å². The third-order valence-electron chi connectivity index (χ3n) is 2.52. The Labute approximate surface area is 111 Å². The van der Waals surface area contributed by atoms with Gasteiger partial charge in [-0.2, -0.15) is 0 Å². The van der Waals surface area contributed by atoms with Crippen LogP contribution in [0.2, 0.25) is 0 Å². The fourth-order valence-electron chi connectivity index (χ4n) is 1.55. The predicted molar refractivity (Wildman–Crippen MR) is 70.3 cm³/mol. The number of hydrogen-bond donors (Lipinski definition) is 1. The molecule has 2 rings (SSSR count). The highest BCUT2D eigenvalue weighted by Crippen LogP contribution is 2.25. The molecule has 0 bridgehead atoms. The molecule has 2 aromatic rings. The number of rotatable bonds is 5. The first-order valence-electron chi connectivity index (χ1n) is 5.66. The smallest absolute Gasteiger partial charge is 0.233 e. The van der Waals surface area contributed by atoms with Crippen LogP contribution in [0.25, 0.3) is 0 Å². The number of methoxy groups -OCH3 is 2. The van der Waals surface area contributed by atoms with Gasteiger partial charge in [-0.3, -0.25) is 0 Å². The molecule has 6 heteroatoms. The Morgan fingerprint density at radius 1 is 1.05 bits per heavy atom. The lowest BCUT2D eigenvalue weighted by molar-refractivity contribution is 0.281. The lowest BCUT2D eigenvalue weighted by Gasteiger charge is -2.11. The summed E-state index contributed by atoms with van der Waals surface area (Å²) in [4.78, 5) is 0. The molecule has 0 saturated heterocycles. The molecule has 19 heavy (non-hydrogen) atoms. The van der Waals surface area contributed by atoms with Crippen LogP contribution in [-0.4, -0.2) is 24.4 Å². The molecule has 0 spiro atoms. The normalized spacial score (nSPS) is 10.0. The molecule has 0 aliphatic carbocycles. The molecule has 0 atom stereocenters. The standard InChI is InChI=1S/C13H15N3O3/c1-17-10-3-4-11(18-2)9(7-10)8-19-13-6-5-12(14)15-16-13/h3-7H,8H2,1-2H3,(H2,14,15). The van der Waals surface area contributed by atoms with Gasteiger partial charge in [-0.15, -0.1) is 10.2 Å². The van der Waals surface area contributed by atoms with Gasteiger partial charge in [-0.05, 0) is 24.3 Å². The summed E-state index contributed by atoms with van der Waals surface area (Å²) in [7, 11) is 3.21. The second-order valence-corrected chi connectivity index (χ2v) is 3.76. The first-order valence-corrected chi connectivity index (χ1v) is 5.66. The minimum absolute atomic E-state index is 0.305. The molecule has 0 aliphatic rings. The van der Waals surface area contributed by atoms with Gasteiger partial charge >= 0.3 is 0 Å². The Morgan fingerprint density at radius 2 is 1.89 bits per heavy atom. The van der Waals surface area contributed by atoms with Crippen LogP contribution in [0.5, 0.6) is 17.4 Å². The predicted octanol–water partition coefficient (Wildman–Crippen LogP) is 1.65. The number of ether oxygens (including phenoxy) is 3. The minimum atomic E-state index is 0.305. The molecule has 0 aliphatic heterocycles. The van der Waals surface area contributed by atoms with Crippen molar-refractivity contribution in [1.82, 2.24) is 10.2 Å². The van der Waals surface area contributed by atoms with E-state index in [0.29, 0.717) is 18.3 Å². The molecule has 1 aromatic carbocycles. The number of nitrogens with two attached hydrogens (primary N) is 1. The summed E-state index contributed by atoms with van der Waals surface area (Å²) in [6, 6.07) is 8.79. The summed E-state index contributed by atoms with van der Waals surface area (Å²) in [5.74, 6) is 2.22. The first kappa shape index (κ1) is 12.9. The third kappa shape index (κ3) is 3.25. The Kier molecular flexibility index (Phi) is 4.02. The van der Waals surface area contributed by atoms with E-state index in [2.05, 4.69) is 10.2 Å². The monoisotopic (exact) mass is 261 g/mol. The second kappa shape index (κ2) is 5.90. The van der Waals surface area contributed by atoms with E-state index < -0.39 is 0 Å². The van der Waals surface area contributed by atoms with E-state index in [9.17, 15) is 0 Å². The number of hydrogen-bond acceptors (Lipinski definition) is 6. The lowest BCUT2D eigenvalue weighted by atomic mass is 10.2. The number of benzene rings is 1. The minimum Gasteiger partial charge on any atom is -0.497 e. The Morgan fingerprint density at radius 3 is 2.53 bits per heavy atom. The molecule has 0 radical (unpaired) electrons. The van der Waals surface area contributed by atoms with Crippen molar-refractivity contribution >= 4 is 5.82 Å². The van der Waals surface area contributed by atoms with Crippen molar-refractivity contribution < 1.29 is 14.2 Å². The van der Waals surface area contributed by atoms with E-state index in [1.165, 1.54) is 0 Å². The van der Waals surface area contributed by atoms with Crippen molar-refractivity contribution in [2.75, 3.05) is 20.0 Å². The lowest BCUT2D eigenvalue weighted by Crippen LogP contribution is -2.02. The van der Waals surface area contributed by atoms with Crippen LogP contribution >= 0.6 is 0 Å². The van der Waals surface area contributed by atoms with E-state index >= 15 is 0 Å². The second-order valence-electron chi connectivity index (χ2n) is 3.76. The van der Waals surface area contributed by atoms with Gasteiger partial charge in [0.25, 0.3) is 0 Å². The van der Waals surface area contributed by atoms with Crippen molar-refractivity contribution in [3.63, 3.8) is 0 Å². The van der Waals surface area contributed by atoms with Crippen LogP contribution in [0.15, 0.2) is 30.3 Å². The number of nitrogens with zero attached hydrogens (tertiary/aromatic N) is 2. The Balaban J connectivity index is 2.11. The van der Waals surface area contributed by atoms with Crippen LogP contribution < -0.4 is 19.9 Å². The zero-order valence-electron chi connectivity index (χ0n) is 10.8. The number of aromatic nitrogens is 2. The van der Waals surface area contributed by atoms with Crippen LogP contribution in [0, 0.1) is 0 Å². The fourth-order valence-corrected chi connectivity index (χ4v) is 1.55. The summed E-state index contributed by atoms with van der Waals surface area (Å²) >= 11 is 0. The van der Waals surface area contributed by atoms with E-state index in [1.54, 1.807) is 26.4 Å². The summed E-state index contributed by atoms with van der Waals surface area (Å²) < 4.78 is 16.0. The van der Waals surface area contributed by atoms with Crippen LogP contribution in [-0.2, 0) is 6.61 Å². The van der Waals surface area contributed by atoms with Gasteiger partial charge in [0, 0.05) is 11.6 Å². The molecule has 0 saturated carbocycles. The average Bonchev–Trinajstić information content (AvgIpc) is 2.46. The van der Waals surface area contributed by atoms with Crippen molar-refractivity contribution in [1.29, 1.82) is 0 Å². The highest BCUT2D eigenvalue weighted by Gasteiger charge is 2.06. The Hall–Kier alpha value is -2.50. The molecule has 0 unspecified atom stereocenters. The van der Waals surface area contributed by atoms with Gasteiger partial charge in [0.1, 0.15) is 23.9 Å². The molecule has 0 fully saturated rings. The first-order chi connectivity index (χ1) is 9.22. The molecule has 2 N–H and O–H groups in total. The Bertz CT molecular complexity index is 543. The third-order valence-corrected chi connectivity index (χ3v) is 2.52. The SMILES string of the molecule is COc1ccc(OC)c(COc2ccc(N)nn2)c1. The molecule has 1 heterocycles. The molecule has 100 valence electrons. The highest BCUT2D eigenvalue weighted by atomic mass is 16.5. The number of nitrogen functional groups attached to an aromatic ring is 1. The van der Waals surface area contributed by atoms with Gasteiger partial charge in [-0.1, -0.05) is 0 Å². The van der Waals surface area contributed by atoms with E-state index in [1.807, 2.05) is 18.2 Å². The molecule has 6 nitrogen and oxygen atoms in total. The summed E-state index contributed by atoms with van der Waals surface area (Å²) in [6.07, 6.45) is 0. The molecule has 1 aromatic heterocycles. The molecular formula is C13H15N3O3. The maximum atomic E-state index is 5.52. The molecular weight excluding hydrogens is 246 g/mol. The zero-order valence-corrected chi connectivity index (χ0v) is 10.8. The topological polar surface area (TPSA) is 79.5 Å². The van der Waals surface area contributed by atoms with E-state index in [4.69, 9.17) is 19.9 Å². The van der Waals surface area contributed by atoms with Crippen molar-refractivity contribution in [3.05, 3.63) is 35.9 Å². The summed E-state index contributed by atoms with van der Waals surface area (Å²) in [5.41, 5.74) is 6.31. The fraction of sp³-hybridized carbons (Fsp3) is 0.231. The van der Waals surface area contributed by atoms with Crippen molar-refractivity contribution in [3.8, 4) is 17.4 Å². The summed E-state index contributed by atoms with van der Waals surface area (Å²) in [6.45, 7) is 0.305. The van der Waals surface area contributed by atoms with Crippen molar-refractivity contribution in [2.45, 2.75) is 6.61 Å². The van der Waals surface area contributed by atoms with Gasteiger partial charge in [0.15, 0.2) is 0 Å². The highest BCUT2D eigenvalue weighted by molar-refractivity contribution is 5.40. The van der Waals surface area contributed by atoms with E-state index in [0.717, 1.165) is 17.1 Å². The number of anilines is 1. The van der Waals surface area contributed by atoms with Crippen molar-refractivity contribution in [2.24, 2.45) is 0 Å². The van der Waals surface area contributed by atoms with Gasteiger partial charge in [0.05, 0.1) is 14.2 Å².